The minimum absolute atomic E-state index is 0.0931. The molecule has 6 heteroatoms. The van der Waals surface area contributed by atoms with E-state index in [1.54, 1.807) is 13.2 Å². The SMILES string of the molecule is COc1ccc(/C(N)=N/O)cc1CNCC(C)N(C)C. The fourth-order valence-electron chi connectivity index (χ4n) is 1.73. The smallest absolute Gasteiger partial charge is 0.170 e. The number of nitrogens with zero attached hydrogens (tertiary/aromatic N) is 2. The Kier molecular flexibility index (Phi) is 6.27. The third-order valence-electron chi connectivity index (χ3n) is 3.32. The summed E-state index contributed by atoms with van der Waals surface area (Å²) in [5.41, 5.74) is 7.25. The van der Waals surface area contributed by atoms with Crippen LogP contribution >= 0.6 is 0 Å². The van der Waals surface area contributed by atoms with Gasteiger partial charge in [-0.25, -0.2) is 0 Å². The number of hydrogen-bond donors (Lipinski definition) is 3. The molecule has 0 aliphatic heterocycles. The lowest BCUT2D eigenvalue weighted by Gasteiger charge is -2.20. The summed E-state index contributed by atoms with van der Waals surface area (Å²) in [6.07, 6.45) is 0. The second-order valence-corrected chi connectivity index (χ2v) is 4.96. The van der Waals surface area contributed by atoms with Crippen molar-refractivity contribution < 1.29 is 9.94 Å². The number of likely N-dealkylation sites (N-methyl/N-ethyl adjacent to an activating group) is 1. The third-order valence-corrected chi connectivity index (χ3v) is 3.32. The molecule has 0 amide bonds. The van der Waals surface area contributed by atoms with E-state index in [1.165, 1.54) is 0 Å². The molecule has 0 radical (unpaired) electrons. The molecule has 0 spiro atoms. The Labute approximate surface area is 120 Å². The Bertz CT molecular complexity index is 460. The van der Waals surface area contributed by atoms with Crippen LogP contribution in [0.25, 0.3) is 0 Å². The highest BCUT2D eigenvalue weighted by Gasteiger charge is 2.08. The zero-order chi connectivity index (χ0) is 15.1. The first kappa shape index (κ1) is 16.3. The van der Waals surface area contributed by atoms with E-state index in [2.05, 4.69) is 22.3 Å². The van der Waals surface area contributed by atoms with Crippen molar-refractivity contribution in [1.29, 1.82) is 0 Å². The lowest BCUT2D eigenvalue weighted by atomic mass is 10.1. The molecule has 20 heavy (non-hydrogen) atoms. The van der Waals surface area contributed by atoms with Crippen LogP contribution in [0, 0.1) is 0 Å². The maximum absolute atomic E-state index is 8.73. The van der Waals surface area contributed by atoms with E-state index in [0.717, 1.165) is 17.9 Å². The van der Waals surface area contributed by atoms with Crippen LogP contribution in [0.2, 0.25) is 0 Å². The summed E-state index contributed by atoms with van der Waals surface area (Å²) in [4.78, 5) is 2.15. The fourth-order valence-corrected chi connectivity index (χ4v) is 1.73. The molecule has 0 aliphatic carbocycles. The lowest BCUT2D eigenvalue weighted by molar-refractivity contribution is 0.302. The molecule has 6 nitrogen and oxygen atoms in total. The van der Waals surface area contributed by atoms with Crippen LogP contribution in [0.1, 0.15) is 18.1 Å². The third kappa shape index (κ3) is 4.40. The van der Waals surface area contributed by atoms with Crippen LogP contribution in [0.5, 0.6) is 5.75 Å². The van der Waals surface area contributed by atoms with Gasteiger partial charge in [-0.3, -0.25) is 0 Å². The molecule has 0 heterocycles. The highest BCUT2D eigenvalue weighted by Crippen LogP contribution is 2.19. The minimum atomic E-state index is 0.0931. The predicted octanol–water partition coefficient (Wildman–Crippen LogP) is 0.829. The Morgan fingerprint density at radius 3 is 2.75 bits per heavy atom. The average molecular weight is 280 g/mol. The molecule has 0 saturated carbocycles. The maximum Gasteiger partial charge on any atom is 0.170 e. The van der Waals surface area contributed by atoms with Crippen LogP contribution in [-0.2, 0) is 6.54 Å². The van der Waals surface area contributed by atoms with E-state index in [1.807, 2.05) is 26.2 Å². The van der Waals surface area contributed by atoms with Crippen LogP contribution in [0.3, 0.4) is 0 Å². The molecule has 0 saturated heterocycles. The molecular formula is C14H24N4O2. The van der Waals surface area contributed by atoms with Gasteiger partial charge >= 0.3 is 0 Å². The van der Waals surface area contributed by atoms with Gasteiger partial charge in [0, 0.05) is 30.3 Å². The van der Waals surface area contributed by atoms with E-state index in [4.69, 9.17) is 15.7 Å². The van der Waals surface area contributed by atoms with Crippen molar-refractivity contribution in [2.45, 2.75) is 19.5 Å². The van der Waals surface area contributed by atoms with Crippen molar-refractivity contribution in [2.24, 2.45) is 10.9 Å². The topological polar surface area (TPSA) is 83.1 Å². The molecule has 1 aromatic rings. The number of nitrogens with one attached hydrogen (secondary N) is 1. The highest BCUT2D eigenvalue weighted by atomic mass is 16.5. The summed E-state index contributed by atoms with van der Waals surface area (Å²) >= 11 is 0. The number of methoxy groups -OCH3 is 1. The van der Waals surface area contributed by atoms with Gasteiger partial charge in [0.1, 0.15) is 5.75 Å². The molecule has 0 aromatic heterocycles. The highest BCUT2D eigenvalue weighted by molar-refractivity contribution is 5.97. The van der Waals surface area contributed by atoms with Gasteiger partial charge in [0.25, 0.3) is 0 Å². The standard InChI is InChI=1S/C14H24N4O2/c1-10(18(2)3)8-16-9-12-7-11(14(15)17-19)5-6-13(12)20-4/h5-7,10,16,19H,8-9H2,1-4H3,(H2,15,17). The van der Waals surface area contributed by atoms with Gasteiger partial charge in [0.05, 0.1) is 7.11 Å². The zero-order valence-electron chi connectivity index (χ0n) is 12.6. The number of benzene rings is 1. The Morgan fingerprint density at radius 2 is 2.20 bits per heavy atom. The van der Waals surface area contributed by atoms with Crippen LogP contribution in [0.4, 0.5) is 0 Å². The Morgan fingerprint density at radius 1 is 1.50 bits per heavy atom. The number of ether oxygens (including phenoxy) is 1. The minimum Gasteiger partial charge on any atom is -0.496 e. The van der Waals surface area contributed by atoms with E-state index in [9.17, 15) is 0 Å². The molecule has 1 aromatic carbocycles. The monoisotopic (exact) mass is 280 g/mol. The summed E-state index contributed by atoms with van der Waals surface area (Å²) in [6, 6.07) is 5.88. The van der Waals surface area contributed by atoms with E-state index < -0.39 is 0 Å². The van der Waals surface area contributed by atoms with Crippen LogP contribution in [-0.4, -0.2) is 49.7 Å². The molecule has 0 aliphatic rings. The van der Waals surface area contributed by atoms with Gasteiger partial charge in [-0.1, -0.05) is 5.16 Å². The largest absolute Gasteiger partial charge is 0.496 e. The lowest BCUT2D eigenvalue weighted by Crippen LogP contribution is -2.35. The first-order valence-corrected chi connectivity index (χ1v) is 6.51. The van der Waals surface area contributed by atoms with Gasteiger partial charge in [-0.2, -0.15) is 0 Å². The summed E-state index contributed by atoms with van der Waals surface area (Å²) in [6.45, 7) is 3.68. The summed E-state index contributed by atoms with van der Waals surface area (Å²) in [5, 5.41) is 15.1. The van der Waals surface area contributed by atoms with Crippen molar-refractivity contribution in [3.8, 4) is 5.75 Å². The van der Waals surface area contributed by atoms with Crippen molar-refractivity contribution in [1.82, 2.24) is 10.2 Å². The predicted molar refractivity (Wildman–Crippen MR) is 80.4 cm³/mol. The van der Waals surface area contributed by atoms with E-state index >= 15 is 0 Å². The summed E-state index contributed by atoms with van der Waals surface area (Å²) in [7, 11) is 5.72. The van der Waals surface area contributed by atoms with Gasteiger partial charge < -0.3 is 25.9 Å². The Hall–Kier alpha value is -1.79. The average Bonchev–Trinajstić information content (AvgIpc) is 2.45. The molecule has 112 valence electrons. The normalized spacial score (nSPS) is 13.6. The molecule has 1 rings (SSSR count). The number of hydrogen-bond acceptors (Lipinski definition) is 5. The molecule has 4 N–H and O–H groups in total. The Balaban J connectivity index is 2.76. The van der Waals surface area contributed by atoms with Gasteiger partial charge in [0.2, 0.25) is 0 Å². The van der Waals surface area contributed by atoms with Crippen molar-refractivity contribution >= 4 is 5.84 Å². The summed E-state index contributed by atoms with van der Waals surface area (Å²) < 4.78 is 5.33. The quantitative estimate of drug-likeness (QED) is 0.298. The van der Waals surface area contributed by atoms with Crippen molar-refractivity contribution in [2.75, 3.05) is 27.7 Å². The van der Waals surface area contributed by atoms with E-state index in [-0.39, 0.29) is 5.84 Å². The van der Waals surface area contributed by atoms with Crippen molar-refractivity contribution in [3.63, 3.8) is 0 Å². The zero-order valence-corrected chi connectivity index (χ0v) is 12.6. The molecule has 1 unspecified atom stereocenters. The van der Waals surface area contributed by atoms with Gasteiger partial charge in [0.15, 0.2) is 5.84 Å². The van der Waals surface area contributed by atoms with Gasteiger partial charge in [-0.15, -0.1) is 0 Å². The molecular weight excluding hydrogens is 256 g/mol. The van der Waals surface area contributed by atoms with E-state index in [0.29, 0.717) is 18.2 Å². The number of rotatable bonds is 7. The van der Waals surface area contributed by atoms with Crippen LogP contribution in [0.15, 0.2) is 23.4 Å². The number of amidine groups is 1. The first-order chi connectivity index (χ1) is 9.49. The van der Waals surface area contributed by atoms with Crippen molar-refractivity contribution in [3.05, 3.63) is 29.3 Å². The molecule has 1 atom stereocenters. The molecule has 0 bridgehead atoms. The number of oxime groups is 1. The molecule has 0 fully saturated rings. The second-order valence-electron chi connectivity index (χ2n) is 4.96. The summed E-state index contributed by atoms with van der Waals surface area (Å²) in [5.74, 6) is 0.875. The fraction of sp³-hybridized carbons (Fsp3) is 0.500. The maximum atomic E-state index is 8.73. The van der Waals surface area contributed by atoms with Gasteiger partial charge in [-0.05, 0) is 39.2 Å². The first-order valence-electron chi connectivity index (χ1n) is 6.51. The van der Waals surface area contributed by atoms with Crippen LogP contribution < -0.4 is 15.8 Å². The number of nitrogens with two attached hydrogens (primary N) is 1. The second kappa shape index (κ2) is 7.72.